The maximum atomic E-state index is 10.8. The molecule has 27 heavy (non-hydrogen) atoms. The van der Waals surface area contributed by atoms with Crippen LogP contribution in [-0.4, -0.2) is 26.0 Å². The van der Waals surface area contributed by atoms with E-state index in [1.165, 1.54) is 0 Å². The first-order valence-corrected chi connectivity index (χ1v) is 9.78. The molecule has 0 aliphatic carbocycles. The number of hydrogen-bond donors (Lipinski definition) is 2. The normalized spacial score (nSPS) is 10.8. The van der Waals surface area contributed by atoms with Crippen molar-refractivity contribution in [3.8, 4) is 11.5 Å². The molecule has 0 aliphatic rings. The molecule has 0 spiro atoms. The van der Waals surface area contributed by atoms with Gasteiger partial charge in [-0.3, -0.25) is 4.79 Å². The summed E-state index contributed by atoms with van der Waals surface area (Å²) < 4.78 is 0. The van der Waals surface area contributed by atoms with Crippen LogP contribution in [0.1, 0.15) is 35.7 Å². The summed E-state index contributed by atoms with van der Waals surface area (Å²) in [5.41, 5.74) is 4.51. The Morgan fingerprint density at radius 2 is 1.85 bits per heavy atom. The summed E-state index contributed by atoms with van der Waals surface area (Å²) >= 11 is 1.58. The molecule has 2 heterocycles. The molecular formula is C20H22N4O2S. The Morgan fingerprint density at radius 1 is 1.11 bits per heavy atom. The second-order valence-corrected chi connectivity index (χ2v) is 7.23. The Hall–Kier alpha value is -2.80. The van der Waals surface area contributed by atoms with Crippen LogP contribution >= 0.6 is 11.3 Å². The fourth-order valence-electron chi connectivity index (χ4n) is 2.90. The highest BCUT2D eigenvalue weighted by Crippen LogP contribution is 2.27. The van der Waals surface area contributed by atoms with E-state index < -0.39 is 5.97 Å². The Morgan fingerprint density at radius 3 is 2.41 bits per heavy atom. The zero-order valence-corrected chi connectivity index (χ0v) is 16.4. The van der Waals surface area contributed by atoms with E-state index in [0.29, 0.717) is 5.82 Å². The van der Waals surface area contributed by atoms with E-state index in [0.717, 1.165) is 51.9 Å². The van der Waals surface area contributed by atoms with Gasteiger partial charge in [0, 0.05) is 22.3 Å². The second-order valence-electron chi connectivity index (χ2n) is 6.17. The van der Waals surface area contributed by atoms with E-state index in [2.05, 4.69) is 24.1 Å². The van der Waals surface area contributed by atoms with Crippen molar-refractivity contribution < 1.29 is 9.90 Å². The molecule has 140 valence electrons. The highest BCUT2D eigenvalue weighted by atomic mass is 32.1. The van der Waals surface area contributed by atoms with Crippen LogP contribution in [0.5, 0.6) is 0 Å². The molecule has 0 bridgehead atoms. The highest BCUT2D eigenvalue weighted by Gasteiger charge is 2.15. The van der Waals surface area contributed by atoms with Crippen LogP contribution < -0.4 is 5.32 Å². The molecule has 0 amide bonds. The molecule has 0 radical (unpaired) electrons. The SMILES string of the molecule is CCc1nc(-c2csc(C)n2)nc(Nc2ccc(CC(=O)O)cc2)c1CC. The predicted molar refractivity (Wildman–Crippen MR) is 108 cm³/mol. The predicted octanol–water partition coefficient (Wildman–Crippen LogP) is 4.40. The average molecular weight is 382 g/mol. The first-order valence-electron chi connectivity index (χ1n) is 8.90. The second kappa shape index (κ2) is 8.26. The number of thiazole rings is 1. The summed E-state index contributed by atoms with van der Waals surface area (Å²) in [5.74, 6) is 0.560. The zero-order chi connectivity index (χ0) is 19.4. The molecule has 0 aliphatic heterocycles. The topological polar surface area (TPSA) is 88.0 Å². The Kier molecular flexibility index (Phi) is 5.81. The highest BCUT2D eigenvalue weighted by molar-refractivity contribution is 7.09. The first-order chi connectivity index (χ1) is 13.0. The van der Waals surface area contributed by atoms with Gasteiger partial charge in [-0.25, -0.2) is 15.0 Å². The lowest BCUT2D eigenvalue weighted by atomic mass is 10.1. The number of nitrogens with zero attached hydrogens (tertiary/aromatic N) is 3. The molecule has 0 unspecified atom stereocenters. The van der Waals surface area contributed by atoms with Gasteiger partial charge < -0.3 is 10.4 Å². The third kappa shape index (κ3) is 4.49. The van der Waals surface area contributed by atoms with Gasteiger partial charge in [-0.1, -0.05) is 26.0 Å². The molecule has 6 nitrogen and oxygen atoms in total. The number of aryl methyl sites for hydroxylation is 2. The fourth-order valence-corrected chi connectivity index (χ4v) is 3.49. The number of aromatic nitrogens is 3. The van der Waals surface area contributed by atoms with Gasteiger partial charge in [0.25, 0.3) is 0 Å². The van der Waals surface area contributed by atoms with Gasteiger partial charge in [-0.05, 0) is 37.5 Å². The van der Waals surface area contributed by atoms with Crippen LogP contribution in [0.2, 0.25) is 0 Å². The average Bonchev–Trinajstić information content (AvgIpc) is 3.08. The van der Waals surface area contributed by atoms with Crippen molar-refractivity contribution in [3.05, 3.63) is 51.5 Å². The zero-order valence-electron chi connectivity index (χ0n) is 15.6. The van der Waals surface area contributed by atoms with Crippen molar-refractivity contribution in [2.75, 3.05) is 5.32 Å². The van der Waals surface area contributed by atoms with Gasteiger partial charge in [0.1, 0.15) is 11.5 Å². The number of aliphatic carboxylic acids is 1. The van der Waals surface area contributed by atoms with Crippen molar-refractivity contribution in [1.82, 2.24) is 15.0 Å². The maximum Gasteiger partial charge on any atom is 0.307 e. The summed E-state index contributed by atoms with van der Waals surface area (Å²) in [6.07, 6.45) is 1.65. The monoisotopic (exact) mass is 382 g/mol. The maximum absolute atomic E-state index is 10.8. The summed E-state index contributed by atoms with van der Waals surface area (Å²) in [7, 11) is 0. The number of anilines is 2. The largest absolute Gasteiger partial charge is 0.481 e. The van der Waals surface area contributed by atoms with Gasteiger partial charge in [0.05, 0.1) is 11.4 Å². The number of carboxylic acids is 1. The van der Waals surface area contributed by atoms with Gasteiger partial charge in [-0.15, -0.1) is 11.3 Å². The lowest BCUT2D eigenvalue weighted by molar-refractivity contribution is -0.136. The van der Waals surface area contributed by atoms with E-state index in [9.17, 15) is 4.79 Å². The number of hydrogen-bond acceptors (Lipinski definition) is 6. The minimum Gasteiger partial charge on any atom is -0.481 e. The Bertz CT molecular complexity index is 951. The van der Waals surface area contributed by atoms with E-state index >= 15 is 0 Å². The molecule has 0 atom stereocenters. The van der Waals surface area contributed by atoms with Crippen molar-refractivity contribution in [3.63, 3.8) is 0 Å². The quantitative estimate of drug-likeness (QED) is 0.629. The van der Waals surface area contributed by atoms with E-state index in [4.69, 9.17) is 15.1 Å². The van der Waals surface area contributed by atoms with Crippen molar-refractivity contribution in [2.45, 2.75) is 40.0 Å². The van der Waals surface area contributed by atoms with Crippen molar-refractivity contribution in [1.29, 1.82) is 0 Å². The standard InChI is InChI=1S/C20H22N4O2S/c1-4-15-16(5-2)23-20(17-11-27-12(3)21-17)24-19(15)22-14-8-6-13(7-9-14)10-18(25)26/h6-9,11H,4-5,10H2,1-3H3,(H,25,26)(H,22,23,24). The molecule has 3 aromatic rings. The third-order valence-corrected chi connectivity index (χ3v) is 4.97. The molecular weight excluding hydrogens is 360 g/mol. The van der Waals surface area contributed by atoms with Gasteiger partial charge in [0.15, 0.2) is 5.82 Å². The van der Waals surface area contributed by atoms with Gasteiger partial charge in [0.2, 0.25) is 0 Å². The molecule has 1 aromatic carbocycles. The minimum absolute atomic E-state index is 0.0152. The van der Waals surface area contributed by atoms with E-state index in [1.807, 2.05) is 36.6 Å². The fraction of sp³-hybridized carbons (Fsp3) is 0.300. The minimum atomic E-state index is -0.837. The number of rotatable bonds is 7. The smallest absolute Gasteiger partial charge is 0.307 e. The number of carbonyl (C=O) groups is 1. The molecule has 3 rings (SSSR count). The van der Waals surface area contributed by atoms with E-state index in [-0.39, 0.29) is 6.42 Å². The third-order valence-electron chi connectivity index (χ3n) is 4.20. The molecule has 2 N–H and O–H groups in total. The summed E-state index contributed by atoms with van der Waals surface area (Å²) in [6.45, 7) is 6.14. The first kappa shape index (κ1) is 19.0. The molecule has 0 saturated heterocycles. The van der Waals surface area contributed by atoms with Crippen molar-refractivity contribution >= 4 is 28.8 Å². The van der Waals surface area contributed by atoms with Crippen LogP contribution in [0.3, 0.4) is 0 Å². The summed E-state index contributed by atoms with van der Waals surface area (Å²) in [5, 5.41) is 15.2. The number of benzene rings is 1. The number of nitrogens with one attached hydrogen (secondary N) is 1. The van der Waals surface area contributed by atoms with Crippen LogP contribution in [-0.2, 0) is 24.1 Å². The van der Waals surface area contributed by atoms with Crippen LogP contribution in [0, 0.1) is 6.92 Å². The molecule has 0 fully saturated rings. The lowest BCUT2D eigenvalue weighted by Crippen LogP contribution is -2.07. The van der Waals surface area contributed by atoms with Gasteiger partial charge in [-0.2, -0.15) is 0 Å². The molecule has 0 saturated carbocycles. The summed E-state index contributed by atoms with van der Waals surface area (Å²) in [6, 6.07) is 7.37. The van der Waals surface area contributed by atoms with Crippen LogP contribution in [0.4, 0.5) is 11.5 Å². The Balaban J connectivity index is 1.96. The van der Waals surface area contributed by atoms with Gasteiger partial charge >= 0.3 is 5.97 Å². The molecule has 2 aromatic heterocycles. The van der Waals surface area contributed by atoms with Crippen LogP contribution in [0.15, 0.2) is 29.6 Å². The van der Waals surface area contributed by atoms with E-state index in [1.54, 1.807) is 11.3 Å². The van der Waals surface area contributed by atoms with Crippen LogP contribution in [0.25, 0.3) is 11.5 Å². The molecule has 7 heteroatoms. The lowest BCUT2D eigenvalue weighted by Gasteiger charge is -2.15. The number of carboxylic acid groups (broad SMARTS) is 1. The summed E-state index contributed by atoms with van der Waals surface area (Å²) in [4.78, 5) is 24.8. The Labute approximate surface area is 162 Å². The van der Waals surface area contributed by atoms with Crippen molar-refractivity contribution in [2.24, 2.45) is 0 Å².